The minimum atomic E-state index is 0.755. The summed E-state index contributed by atoms with van der Waals surface area (Å²) in [5, 5.41) is 0. The molecule has 0 aliphatic carbocycles. The third-order valence-electron chi connectivity index (χ3n) is 2.94. The minimum Gasteiger partial charge on any atom is -0.297 e. The van der Waals surface area contributed by atoms with Crippen LogP contribution in [-0.2, 0) is 6.42 Å². The predicted molar refractivity (Wildman–Crippen MR) is 74.4 cm³/mol. The molecular weight excluding hydrogens is 284 g/mol. The van der Waals surface area contributed by atoms with Gasteiger partial charge in [-0.2, -0.15) is 0 Å². The van der Waals surface area contributed by atoms with Crippen LogP contribution >= 0.6 is 27.3 Å². The first kappa shape index (κ1) is 13.9. The molecule has 1 nitrogen and oxygen atoms in total. The lowest BCUT2D eigenvalue weighted by atomic mass is 9.93. The van der Waals surface area contributed by atoms with E-state index in [0.717, 1.165) is 27.3 Å². The van der Waals surface area contributed by atoms with Crippen LogP contribution in [0.1, 0.15) is 54.8 Å². The van der Waals surface area contributed by atoms with Crippen LogP contribution in [0.25, 0.3) is 0 Å². The highest BCUT2D eigenvalue weighted by Gasteiger charge is 2.12. The Morgan fingerprint density at radius 1 is 1.50 bits per heavy atom. The summed E-state index contributed by atoms with van der Waals surface area (Å²) in [6.45, 7) is 4.49. The molecule has 3 heteroatoms. The van der Waals surface area contributed by atoms with Crippen LogP contribution in [0.2, 0.25) is 0 Å². The second-order valence-corrected chi connectivity index (χ2v) is 6.59. The van der Waals surface area contributed by atoms with Crippen molar-refractivity contribution in [1.82, 2.24) is 0 Å². The van der Waals surface area contributed by atoms with E-state index in [1.54, 1.807) is 0 Å². The highest BCUT2D eigenvalue weighted by molar-refractivity contribution is 9.11. The average molecular weight is 303 g/mol. The molecule has 0 fully saturated rings. The summed E-state index contributed by atoms with van der Waals surface area (Å²) < 4.78 is 1.13. The van der Waals surface area contributed by atoms with E-state index in [0.29, 0.717) is 0 Å². The predicted octanol–water partition coefficient (Wildman–Crippen LogP) is 5.08. The molecule has 0 aliphatic heterocycles. The van der Waals surface area contributed by atoms with Gasteiger partial charge in [0.15, 0.2) is 6.29 Å². The van der Waals surface area contributed by atoms with Crippen LogP contribution < -0.4 is 0 Å². The lowest BCUT2D eigenvalue weighted by Gasteiger charge is -2.13. The Morgan fingerprint density at radius 2 is 2.25 bits per heavy atom. The van der Waals surface area contributed by atoms with Crippen molar-refractivity contribution in [3.63, 3.8) is 0 Å². The van der Waals surface area contributed by atoms with Crippen LogP contribution in [0.3, 0.4) is 0 Å². The molecule has 1 rings (SSSR count). The molecule has 0 spiro atoms. The minimum absolute atomic E-state index is 0.755. The number of unbranched alkanes of at least 4 members (excludes halogenated alkanes) is 1. The lowest BCUT2D eigenvalue weighted by Crippen LogP contribution is -2.02. The molecule has 0 aromatic carbocycles. The fourth-order valence-corrected chi connectivity index (χ4v) is 3.45. The van der Waals surface area contributed by atoms with Crippen molar-refractivity contribution >= 4 is 33.6 Å². The molecule has 90 valence electrons. The number of halogens is 1. The summed E-state index contributed by atoms with van der Waals surface area (Å²) in [7, 11) is 0. The van der Waals surface area contributed by atoms with Gasteiger partial charge in [-0.25, -0.2) is 0 Å². The van der Waals surface area contributed by atoms with Crippen LogP contribution in [0.15, 0.2) is 9.85 Å². The first-order chi connectivity index (χ1) is 7.71. The van der Waals surface area contributed by atoms with Crippen molar-refractivity contribution < 1.29 is 4.79 Å². The van der Waals surface area contributed by atoms with Crippen molar-refractivity contribution in [1.29, 1.82) is 0 Å². The zero-order valence-corrected chi connectivity index (χ0v) is 12.4. The number of hydrogen-bond acceptors (Lipinski definition) is 2. The maximum absolute atomic E-state index is 10.7. The van der Waals surface area contributed by atoms with E-state index < -0.39 is 0 Å². The summed E-state index contributed by atoms with van der Waals surface area (Å²) in [4.78, 5) is 11.5. The average Bonchev–Trinajstić information content (AvgIpc) is 2.65. The van der Waals surface area contributed by atoms with Gasteiger partial charge in [-0.1, -0.05) is 39.5 Å². The van der Waals surface area contributed by atoms with Gasteiger partial charge in [0.05, 0.1) is 8.66 Å². The van der Waals surface area contributed by atoms with Crippen molar-refractivity contribution in [3.05, 3.63) is 20.3 Å². The van der Waals surface area contributed by atoms with Crippen LogP contribution in [-0.4, -0.2) is 6.29 Å². The van der Waals surface area contributed by atoms with Crippen LogP contribution in [0.4, 0.5) is 0 Å². The Hall–Kier alpha value is -0.150. The molecule has 0 aliphatic rings. The topological polar surface area (TPSA) is 17.1 Å². The fraction of sp³-hybridized carbons (Fsp3) is 0.615. The molecule has 0 amide bonds. The molecule has 0 N–H and O–H groups in total. The summed E-state index contributed by atoms with van der Waals surface area (Å²) >= 11 is 5.08. The largest absolute Gasteiger partial charge is 0.297 e. The van der Waals surface area contributed by atoms with E-state index in [4.69, 9.17) is 0 Å². The summed E-state index contributed by atoms with van der Waals surface area (Å²) in [6, 6.07) is 2.02. The number of thiophene rings is 1. The Kier molecular flexibility index (Phi) is 6.29. The number of aldehydes is 1. The molecule has 0 saturated heterocycles. The van der Waals surface area contributed by atoms with E-state index in [9.17, 15) is 4.79 Å². The second kappa shape index (κ2) is 7.23. The molecule has 1 aromatic heterocycles. The van der Waals surface area contributed by atoms with E-state index >= 15 is 0 Å². The van der Waals surface area contributed by atoms with Crippen molar-refractivity contribution in [2.24, 2.45) is 5.92 Å². The van der Waals surface area contributed by atoms with Gasteiger partial charge in [-0.15, -0.1) is 11.3 Å². The molecule has 0 saturated carbocycles. The second-order valence-electron chi connectivity index (χ2n) is 4.19. The standard InChI is InChI=1S/C13H19BrOS/c1-3-5-6-10(4-2)7-11-8-12(9-15)16-13(11)14/h8-10H,3-7H2,1-2H3. The van der Waals surface area contributed by atoms with E-state index in [1.807, 2.05) is 6.07 Å². The van der Waals surface area contributed by atoms with Gasteiger partial charge >= 0.3 is 0 Å². The Bertz CT molecular complexity index is 333. The van der Waals surface area contributed by atoms with Crippen molar-refractivity contribution in [2.45, 2.75) is 46.0 Å². The van der Waals surface area contributed by atoms with Crippen molar-refractivity contribution in [3.8, 4) is 0 Å². The highest BCUT2D eigenvalue weighted by Crippen LogP contribution is 2.30. The first-order valence-corrected chi connectivity index (χ1v) is 7.55. The van der Waals surface area contributed by atoms with E-state index in [-0.39, 0.29) is 0 Å². The van der Waals surface area contributed by atoms with Gasteiger partial charge in [0.1, 0.15) is 0 Å². The van der Waals surface area contributed by atoms with Gasteiger partial charge in [-0.05, 0) is 39.9 Å². The monoisotopic (exact) mass is 302 g/mol. The first-order valence-electron chi connectivity index (χ1n) is 5.94. The summed E-state index contributed by atoms with van der Waals surface area (Å²) in [5.74, 6) is 0.755. The smallest absolute Gasteiger partial charge is 0.160 e. The van der Waals surface area contributed by atoms with Crippen LogP contribution in [0.5, 0.6) is 0 Å². The van der Waals surface area contributed by atoms with Gasteiger partial charge in [-0.3, -0.25) is 4.79 Å². The summed E-state index contributed by atoms with van der Waals surface area (Å²) in [5.41, 5.74) is 1.30. The Balaban J connectivity index is 2.61. The highest BCUT2D eigenvalue weighted by atomic mass is 79.9. The molecule has 16 heavy (non-hydrogen) atoms. The zero-order chi connectivity index (χ0) is 12.0. The number of carbonyl (C=O) groups excluding carboxylic acids is 1. The molecule has 1 aromatic rings. The third-order valence-corrected chi connectivity index (χ3v) is 4.83. The van der Waals surface area contributed by atoms with E-state index in [2.05, 4.69) is 29.8 Å². The van der Waals surface area contributed by atoms with Gasteiger partial charge in [0.2, 0.25) is 0 Å². The normalized spacial score (nSPS) is 12.7. The van der Waals surface area contributed by atoms with Gasteiger partial charge < -0.3 is 0 Å². The Morgan fingerprint density at radius 3 is 2.75 bits per heavy atom. The quantitative estimate of drug-likeness (QED) is 0.642. The van der Waals surface area contributed by atoms with Crippen molar-refractivity contribution in [2.75, 3.05) is 0 Å². The number of rotatable bonds is 7. The molecular formula is C13H19BrOS. The lowest BCUT2D eigenvalue weighted by molar-refractivity contribution is 0.112. The molecule has 1 unspecified atom stereocenters. The van der Waals surface area contributed by atoms with Crippen LogP contribution in [0, 0.1) is 5.92 Å². The molecule has 1 atom stereocenters. The molecule has 0 bridgehead atoms. The third kappa shape index (κ3) is 4.02. The summed E-state index contributed by atoms with van der Waals surface area (Å²) in [6.07, 6.45) is 7.12. The fourth-order valence-electron chi connectivity index (χ4n) is 1.88. The SMILES string of the molecule is CCCCC(CC)Cc1cc(C=O)sc1Br. The molecule has 0 radical (unpaired) electrons. The van der Waals surface area contributed by atoms with E-state index in [1.165, 1.54) is 42.6 Å². The molecule has 1 heterocycles. The van der Waals surface area contributed by atoms with Gasteiger partial charge in [0.25, 0.3) is 0 Å². The number of hydrogen-bond donors (Lipinski definition) is 0. The maximum atomic E-state index is 10.7. The Labute approximate surface area is 110 Å². The van der Waals surface area contributed by atoms with Gasteiger partial charge in [0, 0.05) is 0 Å². The number of carbonyl (C=O) groups is 1. The zero-order valence-electron chi connectivity index (χ0n) is 9.96. The maximum Gasteiger partial charge on any atom is 0.160 e.